The van der Waals surface area contributed by atoms with Crippen LogP contribution in [0.1, 0.15) is 32.1 Å². The van der Waals surface area contributed by atoms with Crippen molar-refractivity contribution in [2.24, 2.45) is 5.92 Å². The fourth-order valence-corrected chi connectivity index (χ4v) is 2.37. The molecule has 2 rings (SSSR count). The van der Waals surface area contributed by atoms with Gasteiger partial charge in [0.05, 0.1) is 11.9 Å². The van der Waals surface area contributed by atoms with E-state index in [1.54, 1.807) is 0 Å². The summed E-state index contributed by atoms with van der Waals surface area (Å²) in [5.41, 5.74) is 0. The van der Waals surface area contributed by atoms with E-state index in [1.807, 2.05) is 0 Å². The maximum atomic E-state index is 9.43. The van der Waals surface area contributed by atoms with Crippen LogP contribution in [0.5, 0.6) is 0 Å². The highest BCUT2D eigenvalue weighted by Crippen LogP contribution is 2.30. The molecule has 0 aromatic heterocycles. The Morgan fingerprint density at radius 2 is 2.08 bits per heavy atom. The second-order valence-corrected chi connectivity index (χ2v) is 4.00. The Bertz CT molecular complexity index is 198. The van der Waals surface area contributed by atoms with Crippen molar-refractivity contribution in [3.05, 3.63) is 0 Å². The molecule has 1 aliphatic heterocycles. The highest BCUT2D eigenvalue weighted by molar-refractivity contribution is 5.85. The summed E-state index contributed by atoms with van der Waals surface area (Å²) in [7, 11) is 0. The van der Waals surface area contributed by atoms with Gasteiger partial charge in [-0.25, -0.2) is 0 Å². The van der Waals surface area contributed by atoms with E-state index in [0.717, 1.165) is 32.1 Å². The smallest absolute Gasteiger partial charge is 0.0933 e. The van der Waals surface area contributed by atoms with E-state index in [9.17, 15) is 5.11 Å². The van der Waals surface area contributed by atoms with Gasteiger partial charge in [-0.2, -0.15) is 0 Å². The highest BCUT2D eigenvalue weighted by atomic mass is 35.5. The summed E-state index contributed by atoms with van der Waals surface area (Å²) in [5.74, 6) is 1.30. The molecule has 4 heteroatoms. The number of piperidine rings is 1. The van der Waals surface area contributed by atoms with E-state index >= 15 is 0 Å². The van der Waals surface area contributed by atoms with Crippen LogP contribution < -0.4 is 5.32 Å². The van der Waals surface area contributed by atoms with Gasteiger partial charge in [-0.1, -0.05) is 0 Å². The van der Waals surface area contributed by atoms with Gasteiger partial charge in [0.1, 0.15) is 0 Å². The highest BCUT2D eigenvalue weighted by Gasteiger charge is 2.32. The maximum absolute atomic E-state index is 9.43. The minimum atomic E-state index is -0.0830. The molecule has 3 nitrogen and oxygen atoms in total. The Morgan fingerprint density at radius 3 is 2.85 bits per heavy atom. The average molecular weight is 205 g/mol. The molecule has 1 heterocycles. The molecule has 76 valence electrons. The molecule has 2 fully saturated rings. The minimum Gasteiger partial charge on any atom is -0.393 e. The molecule has 0 bridgehead atoms. The van der Waals surface area contributed by atoms with Crippen LogP contribution in [0.25, 0.3) is 0 Å². The number of hydrogen-bond donors (Lipinski definition) is 3. The van der Waals surface area contributed by atoms with Crippen LogP contribution in [-0.2, 0) is 0 Å². The molecule has 0 amide bonds. The molecule has 13 heavy (non-hydrogen) atoms. The first kappa shape index (κ1) is 10.8. The van der Waals surface area contributed by atoms with Gasteiger partial charge in [-0.05, 0) is 31.6 Å². The Balaban J connectivity index is 0.000000845. The van der Waals surface area contributed by atoms with Crippen LogP contribution in [-0.4, -0.2) is 23.1 Å². The van der Waals surface area contributed by atoms with Gasteiger partial charge < -0.3 is 10.4 Å². The number of rotatable bonds is 0. The van der Waals surface area contributed by atoms with Crippen molar-refractivity contribution in [2.45, 2.75) is 44.2 Å². The molecule has 0 aromatic rings. The number of amidine groups is 1. The largest absolute Gasteiger partial charge is 0.393 e. The number of halogens is 1. The van der Waals surface area contributed by atoms with E-state index in [-0.39, 0.29) is 18.5 Å². The van der Waals surface area contributed by atoms with Gasteiger partial charge in [-0.15, -0.1) is 12.4 Å². The van der Waals surface area contributed by atoms with Crippen LogP contribution in [0.15, 0.2) is 0 Å². The molecular formula is C9H17ClN2O. The third kappa shape index (κ3) is 2.35. The van der Waals surface area contributed by atoms with Crippen molar-refractivity contribution >= 4 is 18.2 Å². The first-order valence-electron chi connectivity index (χ1n) is 4.78. The number of aliphatic hydroxyl groups excluding tert-OH is 1. The van der Waals surface area contributed by atoms with Crippen LogP contribution in [0.2, 0.25) is 0 Å². The predicted molar refractivity (Wildman–Crippen MR) is 54.5 cm³/mol. The quantitative estimate of drug-likeness (QED) is 0.557. The lowest BCUT2D eigenvalue weighted by Crippen LogP contribution is -2.48. The van der Waals surface area contributed by atoms with E-state index in [2.05, 4.69) is 5.32 Å². The summed E-state index contributed by atoms with van der Waals surface area (Å²) in [5, 5.41) is 20.1. The number of nitrogens with one attached hydrogen (secondary N) is 2. The molecule has 1 saturated heterocycles. The first-order valence-corrected chi connectivity index (χ1v) is 4.78. The standard InChI is InChI=1S/C9H16N2O.ClH/c10-9-4-1-6-5-7(12)2-3-8(6)11-9;/h6-8,12H,1-5H2,(H2,10,11);1H/t6?,7-,8?;/m0./s1. The van der Waals surface area contributed by atoms with Crippen molar-refractivity contribution in [2.75, 3.05) is 0 Å². The summed E-state index contributed by atoms with van der Waals surface area (Å²) >= 11 is 0. The number of hydrogen-bond acceptors (Lipinski definition) is 2. The molecule has 3 atom stereocenters. The summed E-state index contributed by atoms with van der Waals surface area (Å²) in [6.45, 7) is 0. The zero-order chi connectivity index (χ0) is 8.55. The van der Waals surface area contributed by atoms with Crippen LogP contribution in [0, 0.1) is 11.3 Å². The molecular weight excluding hydrogens is 188 g/mol. The lowest BCUT2D eigenvalue weighted by molar-refractivity contribution is 0.0792. The fourth-order valence-electron chi connectivity index (χ4n) is 2.37. The van der Waals surface area contributed by atoms with Crippen LogP contribution in [0.4, 0.5) is 0 Å². The first-order chi connectivity index (χ1) is 5.75. The van der Waals surface area contributed by atoms with Gasteiger partial charge in [-0.3, -0.25) is 5.41 Å². The van der Waals surface area contributed by atoms with Gasteiger partial charge in [0.15, 0.2) is 0 Å². The van der Waals surface area contributed by atoms with Crippen molar-refractivity contribution in [1.82, 2.24) is 5.32 Å². The van der Waals surface area contributed by atoms with Gasteiger partial charge in [0.25, 0.3) is 0 Å². The Labute approximate surface area is 84.8 Å². The van der Waals surface area contributed by atoms with Crippen molar-refractivity contribution in [3.8, 4) is 0 Å². The maximum Gasteiger partial charge on any atom is 0.0933 e. The van der Waals surface area contributed by atoms with Crippen LogP contribution >= 0.6 is 12.4 Å². The second-order valence-electron chi connectivity index (χ2n) is 4.00. The van der Waals surface area contributed by atoms with Gasteiger partial charge >= 0.3 is 0 Å². The van der Waals surface area contributed by atoms with E-state index in [1.165, 1.54) is 0 Å². The molecule has 0 spiro atoms. The molecule has 0 radical (unpaired) electrons. The van der Waals surface area contributed by atoms with E-state index in [4.69, 9.17) is 5.41 Å². The Hall–Kier alpha value is -0.280. The molecule has 3 N–H and O–H groups in total. The summed E-state index contributed by atoms with van der Waals surface area (Å²) in [4.78, 5) is 0. The Morgan fingerprint density at radius 1 is 1.31 bits per heavy atom. The SMILES string of the molecule is Cl.N=C1CCC2C[C@@H](O)CCC2N1. The van der Waals surface area contributed by atoms with E-state index in [0.29, 0.717) is 17.8 Å². The molecule has 1 aliphatic carbocycles. The van der Waals surface area contributed by atoms with E-state index < -0.39 is 0 Å². The van der Waals surface area contributed by atoms with Crippen LogP contribution in [0.3, 0.4) is 0 Å². The number of aliphatic hydroxyl groups is 1. The molecule has 2 aliphatic rings. The summed E-state index contributed by atoms with van der Waals surface area (Å²) in [6, 6.07) is 0.481. The normalized spacial score (nSPS) is 38.5. The predicted octanol–water partition coefficient (Wildman–Crippen LogP) is 1.30. The van der Waals surface area contributed by atoms with Gasteiger partial charge in [0, 0.05) is 12.5 Å². The summed E-state index contributed by atoms with van der Waals surface area (Å²) in [6.07, 6.45) is 4.75. The lowest BCUT2D eigenvalue weighted by atomic mass is 9.78. The lowest BCUT2D eigenvalue weighted by Gasteiger charge is -2.38. The zero-order valence-electron chi connectivity index (χ0n) is 7.62. The average Bonchev–Trinajstić information content (AvgIpc) is 2.05. The molecule has 1 saturated carbocycles. The topological polar surface area (TPSA) is 56.1 Å². The molecule has 2 unspecified atom stereocenters. The number of fused-ring (bicyclic) bond motifs is 1. The second kappa shape index (κ2) is 4.29. The third-order valence-electron chi connectivity index (χ3n) is 3.08. The van der Waals surface area contributed by atoms with Crippen molar-refractivity contribution in [1.29, 1.82) is 5.41 Å². The minimum absolute atomic E-state index is 0. The van der Waals surface area contributed by atoms with Crippen molar-refractivity contribution < 1.29 is 5.11 Å². The van der Waals surface area contributed by atoms with Gasteiger partial charge in [0.2, 0.25) is 0 Å². The Kier molecular flexibility index (Phi) is 3.56. The van der Waals surface area contributed by atoms with Crippen molar-refractivity contribution in [3.63, 3.8) is 0 Å². The monoisotopic (exact) mass is 204 g/mol. The zero-order valence-corrected chi connectivity index (χ0v) is 8.44. The summed E-state index contributed by atoms with van der Waals surface area (Å²) < 4.78 is 0. The fraction of sp³-hybridized carbons (Fsp3) is 0.889. The third-order valence-corrected chi connectivity index (χ3v) is 3.08. The molecule has 0 aromatic carbocycles.